The van der Waals surface area contributed by atoms with Crippen molar-refractivity contribution in [3.63, 3.8) is 0 Å². The third-order valence-corrected chi connectivity index (χ3v) is 4.02. The van der Waals surface area contributed by atoms with Gasteiger partial charge in [-0.05, 0) is 30.7 Å². The van der Waals surface area contributed by atoms with Gasteiger partial charge in [0.05, 0.1) is 11.5 Å². The number of hydrogen-bond donors (Lipinski definition) is 1. The Hall–Kier alpha value is -3.75. The van der Waals surface area contributed by atoms with Crippen LogP contribution in [0.15, 0.2) is 48.5 Å². The summed E-state index contributed by atoms with van der Waals surface area (Å²) in [5.41, 5.74) is 0.168. The van der Waals surface area contributed by atoms with Crippen molar-refractivity contribution in [1.82, 2.24) is 5.32 Å². The Kier molecular flexibility index (Phi) is 8.49. The van der Waals surface area contributed by atoms with Gasteiger partial charge in [0.1, 0.15) is 12.3 Å². The number of esters is 1. The van der Waals surface area contributed by atoms with Gasteiger partial charge in [-0.2, -0.15) is 0 Å². The standard InChI is InChI=1S/C21H22N2O7/c1-2-3-11-29-18-9-7-15(8-10-18)21(26)22-13-20(25)30-14-19(24)16-5-4-6-17(12-16)23(27)28/h4-10,12H,2-3,11,13-14H2,1H3,(H,22,26). The highest BCUT2D eigenvalue weighted by atomic mass is 16.6. The molecular formula is C21H22N2O7. The zero-order chi connectivity index (χ0) is 21.9. The van der Waals surface area contributed by atoms with Gasteiger partial charge in [-0.1, -0.05) is 25.5 Å². The first kappa shape index (κ1) is 22.5. The van der Waals surface area contributed by atoms with Crippen LogP contribution >= 0.6 is 0 Å². The number of nitrogens with zero attached hydrogens (tertiary/aromatic N) is 1. The molecule has 0 saturated heterocycles. The molecule has 9 nitrogen and oxygen atoms in total. The number of carbonyl (C=O) groups is 3. The molecule has 0 heterocycles. The molecule has 158 valence electrons. The molecule has 0 aromatic heterocycles. The number of nitro benzene ring substituents is 1. The number of hydrogen-bond acceptors (Lipinski definition) is 7. The largest absolute Gasteiger partial charge is 0.494 e. The summed E-state index contributed by atoms with van der Waals surface area (Å²) < 4.78 is 10.3. The number of ketones is 1. The van der Waals surface area contributed by atoms with Gasteiger partial charge in [-0.25, -0.2) is 0 Å². The fourth-order valence-corrected chi connectivity index (χ4v) is 2.36. The van der Waals surface area contributed by atoms with E-state index < -0.39 is 35.7 Å². The molecule has 2 aromatic rings. The predicted octanol–water partition coefficient (Wildman–Crippen LogP) is 2.93. The van der Waals surface area contributed by atoms with E-state index in [2.05, 4.69) is 12.2 Å². The maximum Gasteiger partial charge on any atom is 0.325 e. The zero-order valence-electron chi connectivity index (χ0n) is 16.5. The van der Waals surface area contributed by atoms with Crippen LogP contribution in [-0.4, -0.2) is 42.3 Å². The molecule has 1 amide bonds. The molecule has 0 unspecified atom stereocenters. The molecule has 0 atom stereocenters. The van der Waals surface area contributed by atoms with Gasteiger partial charge in [-0.15, -0.1) is 0 Å². The summed E-state index contributed by atoms with van der Waals surface area (Å²) >= 11 is 0. The van der Waals surface area contributed by atoms with Crippen LogP contribution in [0.4, 0.5) is 5.69 Å². The van der Waals surface area contributed by atoms with E-state index in [1.54, 1.807) is 24.3 Å². The molecule has 0 fully saturated rings. The molecule has 0 aliphatic carbocycles. The summed E-state index contributed by atoms with van der Waals surface area (Å²) in [4.78, 5) is 46.0. The molecule has 30 heavy (non-hydrogen) atoms. The minimum absolute atomic E-state index is 0.0577. The fourth-order valence-electron chi connectivity index (χ4n) is 2.36. The summed E-state index contributed by atoms with van der Waals surface area (Å²) in [6, 6.07) is 11.6. The Morgan fingerprint density at radius 2 is 1.80 bits per heavy atom. The summed E-state index contributed by atoms with van der Waals surface area (Å²) in [6.45, 7) is 1.66. The number of nitrogens with one attached hydrogen (secondary N) is 1. The van der Waals surface area contributed by atoms with Crippen molar-refractivity contribution in [3.8, 4) is 5.75 Å². The Morgan fingerprint density at radius 3 is 2.47 bits per heavy atom. The van der Waals surface area contributed by atoms with E-state index in [1.165, 1.54) is 18.2 Å². The van der Waals surface area contributed by atoms with Crippen molar-refractivity contribution < 1.29 is 28.8 Å². The molecule has 1 N–H and O–H groups in total. The van der Waals surface area contributed by atoms with E-state index in [0.29, 0.717) is 17.9 Å². The van der Waals surface area contributed by atoms with Gasteiger partial charge in [0.25, 0.3) is 11.6 Å². The van der Waals surface area contributed by atoms with Crippen LogP contribution in [-0.2, 0) is 9.53 Å². The van der Waals surface area contributed by atoms with Crippen LogP contribution in [0.2, 0.25) is 0 Å². The van der Waals surface area contributed by atoms with E-state index in [9.17, 15) is 24.5 Å². The van der Waals surface area contributed by atoms with E-state index in [-0.39, 0.29) is 11.3 Å². The lowest BCUT2D eigenvalue weighted by Crippen LogP contribution is -2.31. The monoisotopic (exact) mass is 414 g/mol. The molecule has 0 saturated carbocycles. The molecule has 0 aliphatic heterocycles. The van der Waals surface area contributed by atoms with Crippen LogP contribution < -0.4 is 10.1 Å². The average Bonchev–Trinajstić information content (AvgIpc) is 2.76. The Morgan fingerprint density at radius 1 is 1.07 bits per heavy atom. The van der Waals surface area contributed by atoms with Crippen molar-refractivity contribution in [2.75, 3.05) is 19.8 Å². The topological polar surface area (TPSA) is 125 Å². The van der Waals surface area contributed by atoms with E-state index in [1.807, 2.05) is 0 Å². The highest BCUT2D eigenvalue weighted by Gasteiger charge is 2.14. The van der Waals surface area contributed by atoms with Gasteiger partial charge in [0.2, 0.25) is 5.78 Å². The smallest absolute Gasteiger partial charge is 0.325 e. The number of rotatable bonds is 11. The second-order valence-electron chi connectivity index (χ2n) is 6.30. The first-order valence-corrected chi connectivity index (χ1v) is 9.35. The summed E-state index contributed by atoms with van der Waals surface area (Å²) in [5.74, 6) is -1.21. The highest BCUT2D eigenvalue weighted by molar-refractivity contribution is 5.99. The van der Waals surface area contributed by atoms with Crippen molar-refractivity contribution in [1.29, 1.82) is 0 Å². The second kappa shape index (κ2) is 11.3. The molecule has 2 rings (SSSR count). The quantitative estimate of drug-likeness (QED) is 0.197. The SMILES string of the molecule is CCCCOc1ccc(C(=O)NCC(=O)OCC(=O)c2cccc([N+](=O)[O-])c2)cc1. The molecule has 0 bridgehead atoms. The van der Waals surface area contributed by atoms with Gasteiger partial charge < -0.3 is 14.8 Å². The minimum atomic E-state index is -0.804. The summed E-state index contributed by atoms with van der Waals surface area (Å²) in [6.07, 6.45) is 1.96. The van der Waals surface area contributed by atoms with Crippen LogP contribution in [0.5, 0.6) is 5.75 Å². The first-order valence-electron chi connectivity index (χ1n) is 9.35. The third-order valence-electron chi connectivity index (χ3n) is 4.02. The zero-order valence-corrected chi connectivity index (χ0v) is 16.5. The van der Waals surface area contributed by atoms with E-state index in [0.717, 1.165) is 18.9 Å². The van der Waals surface area contributed by atoms with Gasteiger partial charge >= 0.3 is 5.97 Å². The maximum absolute atomic E-state index is 12.1. The number of non-ortho nitro benzene ring substituents is 1. The van der Waals surface area contributed by atoms with E-state index in [4.69, 9.17) is 9.47 Å². The lowest BCUT2D eigenvalue weighted by Gasteiger charge is -2.08. The molecule has 0 spiro atoms. The van der Waals surface area contributed by atoms with Crippen LogP contribution in [0.3, 0.4) is 0 Å². The number of nitro groups is 1. The molecule has 0 aliphatic rings. The highest BCUT2D eigenvalue weighted by Crippen LogP contribution is 2.14. The maximum atomic E-state index is 12.1. The summed E-state index contributed by atoms with van der Waals surface area (Å²) in [5, 5.41) is 13.2. The lowest BCUT2D eigenvalue weighted by molar-refractivity contribution is -0.384. The van der Waals surface area contributed by atoms with Crippen LogP contribution in [0.25, 0.3) is 0 Å². The number of ether oxygens (including phenoxy) is 2. The minimum Gasteiger partial charge on any atom is -0.494 e. The van der Waals surface area contributed by atoms with Gasteiger partial charge in [-0.3, -0.25) is 24.5 Å². The van der Waals surface area contributed by atoms with Crippen LogP contribution in [0.1, 0.15) is 40.5 Å². The fraction of sp³-hybridized carbons (Fsp3) is 0.286. The van der Waals surface area contributed by atoms with Crippen molar-refractivity contribution >= 4 is 23.3 Å². The molecule has 9 heteroatoms. The number of Topliss-reactive ketones (excluding diaryl/α,β-unsaturated/α-hetero) is 1. The Balaban J connectivity index is 1.77. The number of amides is 1. The molecule has 2 aromatic carbocycles. The molecular weight excluding hydrogens is 392 g/mol. The van der Waals surface area contributed by atoms with Gasteiger partial charge in [0, 0.05) is 23.3 Å². The number of benzene rings is 2. The van der Waals surface area contributed by atoms with E-state index >= 15 is 0 Å². The van der Waals surface area contributed by atoms with Crippen LogP contribution in [0, 0.1) is 10.1 Å². The number of carbonyl (C=O) groups excluding carboxylic acids is 3. The van der Waals surface area contributed by atoms with Gasteiger partial charge in [0.15, 0.2) is 6.61 Å². The Labute approximate surface area is 173 Å². The predicted molar refractivity (Wildman–Crippen MR) is 108 cm³/mol. The molecule has 0 radical (unpaired) electrons. The Bertz CT molecular complexity index is 910. The summed E-state index contributed by atoms with van der Waals surface area (Å²) in [7, 11) is 0. The lowest BCUT2D eigenvalue weighted by atomic mass is 10.1. The normalized spacial score (nSPS) is 10.2. The second-order valence-corrected chi connectivity index (χ2v) is 6.30. The number of unbranched alkanes of at least 4 members (excludes halogenated alkanes) is 1. The third kappa shape index (κ3) is 7.01. The van der Waals surface area contributed by atoms with Crippen molar-refractivity contribution in [2.45, 2.75) is 19.8 Å². The first-order chi connectivity index (χ1) is 14.4. The van der Waals surface area contributed by atoms with Crippen molar-refractivity contribution in [2.24, 2.45) is 0 Å². The van der Waals surface area contributed by atoms with Crippen molar-refractivity contribution in [3.05, 3.63) is 69.8 Å². The average molecular weight is 414 g/mol.